The van der Waals surface area contributed by atoms with Crippen LogP contribution in [-0.2, 0) is 11.3 Å². The van der Waals surface area contributed by atoms with Crippen LogP contribution in [0.15, 0.2) is 30.6 Å². The van der Waals surface area contributed by atoms with Gasteiger partial charge in [-0.3, -0.25) is 14.5 Å². The molecule has 3 N–H and O–H groups in total. The standard InChI is InChI=1S/C27H30ClF4N7O2/c1-26(2,30)25(41)38-12-19(29)20(13-38)36-24(40)17-9-15(3-4-18(17)28)21-10-16(22-23(33)34-14-35-39(21)22)11-37-7-5-27(31,32)6-8-37/h3-4,9-10,14,19-20H,5-8,11-13H2,1-2H3,(H,36,40)(H2,33,34,35)/t19-,20+/m0/s1. The molecule has 0 unspecified atom stereocenters. The number of aromatic nitrogens is 3. The number of rotatable bonds is 6. The molecule has 2 aliphatic heterocycles. The molecule has 4 heterocycles. The van der Waals surface area contributed by atoms with E-state index in [4.69, 9.17) is 17.3 Å². The normalized spacial score (nSPS) is 21.4. The number of carbonyl (C=O) groups is 2. The maximum absolute atomic E-state index is 14.7. The van der Waals surface area contributed by atoms with Crippen molar-refractivity contribution in [2.45, 2.75) is 57.0 Å². The lowest BCUT2D eigenvalue weighted by molar-refractivity contribution is -0.141. The van der Waals surface area contributed by atoms with E-state index in [0.717, 1.165) is 24.3 Å². The highest BCUT2D eigenvalue weighted by Crippen LogP contribution is 2.33. The molecule has 220 valence electrons. The number of likely N-dealkylation sites (tertiary alicyclic amines) is 2. The Balaban J connectivity index is 1.40. The van der Waals surface area contributed by atoms with Crippen LogP contribution in [0.2, 0.25) is 5.02 Å². The minimum absolute atomic E-state index is 0.0590. The number of nitrogens with zero attached hydrogens (tertiary/aromatic N) is 5. The molecule has 2 atom stereocenters. The number of fused-ring (bicyclic) bond motifs is 1. The average Bonchev–Trinajstić information content (AvgIpc) is 3.45. The molecule has 0 aliphatic carbocycles. The van der Waals surface area contributed by atoms with Crippen molar-refractivity contribution >= 4 is 34.7 Å². The molecular weight excluding hydrogens is 566 g/mol. The number of hydrogen-bond acceptors (Lipinski definition) is 6. The summed E-state index contributed by atoms with van der Waals surface area (Å²) >= 11 is 6.35. The Morgan fingerprint density at radius 2 is 1.90 bits per heavy atom. The van der Waals surface area contributed by atoms with E-state index in [2.05, 4.69) is 15.4 Å². The number of benzene rings is 1. The Hall–Kier alpha value is -3.45. The molecule has 0 saturated carbocycles. The van der Waals surface area contributed by atoms with E-state index < -0.39 is 35.6 Å². The van der Waals surface area contributed by atoms with Crippen molar-refractivity contribution in [2.75, 3.05) is 31.9 Å². The second-order valence-electron chi connectivity index (χ2n) is 11.1. The van der Waals surface area contributed by atoms with E-state index in [1.165, 1.54) is 18.5 Å². The van der Waals surface area contributed by atoms with Gasteiger partial charge in [0, 0.05) is 44.6 Å². The summed E-state index contributed by atoms with van der Waals surface area (Å²) in [6.07, 6.45) is -0.760. The topological polar surface area (TPSA) is 109 Å². The molecule has 9 nitrogen and oxygen atoms in total. The van der Waals surface area contributed by atoms with Gasteiger partial charge in [-0.1, -0.05) is 17.7 Å². The first-order valence-corrected chi connectivity index (χ1v) is 13.6. The molecule has 0 bridgehead atoms. The summed E-state index contributed by atoms with van der Waals surface area (Å²) in [5, 5.41) is 7.02. The Morgan fingerprint density at radius 3 is 2.59 bits per heavy atom. The molecule has 14 heteroatoms. The first-order valence-electron chi connectivity index (χ1n) is 13.2. The van der Waals surface area contributed by atoms with E-state index in [9.17, 15) is 27.2 Å². The van der Waals surface area contributed by atoms with Crippen LogP contribution in [0.5, 0.6) is 0 Å². The van der Waals surface area contributed by atoms with Crippen molar-refractivity contribution in [3.63, 3.8) is 0 Å². The molecule has 2 aliphatic rings. The third-order valence-electron chi connectivity index (χ3n) is 7.51. The highest BCUT2D eigenvalue weighted by Gasteiger charge is 2.41. The van der Waals surface area contributed by atoms with Crippen molar-refractivity contribution in [2.24, 2.45) is 0 Å². The van der Waals surface area contributed by atoms with Crippen LogP contribution >= 0.6 is 11.6 Å². The van der Waals surface area contributed by atoms with Crippen molar-refractivity contribution in [3.8, 4) is 11.3 Å². The summed E-state index contributed by atoms with van der Waals surface area (Å²) in [5.74, 6) is -3.98. The predicted octanol–water partition coefficient (Wildman–Crippen LogP) is 3.89. The predicted molar refractivity (Wildman–Crippen MR) is 145 cm³/mol. The largest absolute Gasteiger partial charge is 0.382 e. The SMILES string of the molecule is CC(C)(F)C(=O)N1C[C@H](F)[C@H](NC(=O)c2cc(-c3cc(CN4CCC(F)(F)CC4)c4c(N)ncnn34)ccc2Cl)C1. The zero-order valence-corrected chi connectivity index (χ0v) is 23.3. The molecule has 41 heavy (non-hydrogen) atoms. The second kappa shape index (κ2) is 10.8. The monoisotopic (exact) mass is 595 g/mol. The number of nitrogens with two attached hydrogens (primary N) is 1. The number of nitrogen functional groups attached to an aromatic ring is 1. The summed E-state index contributed by atoms with van der Waals surface area (Å²) in [5.41, 5.74) is 6.43. The van der Waals surface area contributed by atoms with Gasteiger partial charge in [-0.15, -0.1) is 0 Å². The molecule has 2 saturated heterocycles. The molecule has 2 amide bonds. The first kappa shape index (κ1) is 29.1. The second-order valence-corrected chi connectivity index (χ2v) is 11.5. The Bertz CT molecular complexity index is 1480. The summed E-state index contributed by atoms with van der Waals surface area (Å²) in [6.45, 7) is 2.48. The van der Waals surface area contributed by atoms with Crippen molar-refractivity contribution in [1.82, 2.24) is 29.7 Å². The van der Waals surface area contributed by atoms with Gasteiger partial charge >= 0.3 is 0 Å². The lowest BCUT2D eigenvalue weighted by Gasteiger charge is -2.31. The van der Waals surface area contributed by atoms with Gasteiger partial charge < -0.3 is 16.0 Å². The summed E-state index contributed by atoms with van der Waals surface area (Å²) in [4.78, 5) is 32.5. The van der Waals surface area contributed by atoms with Crippen molar-refractivity contribution in [1.29, 1.82) is 0 Å². The number of alkyl halides is 4. The van der Waals surface area contributed by atoms with Gasteiger partial charge in [0.1, 0.15) is 18.0 Å². The van der Waals surface area contributed by atoms with E-state index in [1.54, 1.807) is 10.6 Å². The highest BCUT2D eigenvalue weighted by molar-refractivity contribution is 6.34. The van der Waals surface area contributed by atoms with E-state index in [0.29, 0.717) is 23.3 Å². The van der Waals surface area contributed by atoms with E-state index >= 15 is 0 Å². The van der Waals surface area contributed by atoms with Crippen LogP contribution in [0.3, 0.4) is 0 Å². The number of carbonyl (C=O) groups excluding carboxylic acids is 2. The number of hydrogen-bond donors (Lipinski definition) is 2. The van der Waals surface area contributed by atoms with Gasteiger partial charge in [-0.2, -0.15) is 5.10 Å². The number of nitrogens with one attached hydrogen (secondary N) is 1. The average molecular weight is 596 g/mol. The highest BCUT2D eigenvalue weighted by atomic mass is 35.5. The van der Waals surface area contributed by atoms with Gasteiger partial charge in [0.25, 0.3) is 17.7 Å². The molecule has 3 aromatic rings. The third kappa shape index (κ3) is 5.96. The van der Waals surface area contributed by atoms with Crippen LogP contribution in [-0.4, -0.2) is 86.2 Å². The fourth-order valence-electron chi connectivity index (χ4n) is 5.30. The van der Waals surface area contributed by atoms with Crippen LogP contribution in [0.1, 0.15) is 42.6 Å². The van der Waals surface area contributed by atoms with Gasteiger partial charge in [0.2, 0.25) is 0 Å². The Labute approximate surface area is 238 Å². The smallest absolute Gasteiger partial charge is 0.259 e. The molecule has 0 spiro atoms. The van der Waals surface area contributed by atoms with Crippen molar-refractivity contribution in [3.05, 3.63) is 46.7 Å². The Morgan fingerprint density at radius 1 is 1.20 bits per heavy atom. The minimum atomic E-state index is -2.68. The number of piperidine rings is 1. The van der Waals surface area contributed by atoms with Crippen LogP contribution in [0.4, 0.5) is 23.4 Å². The Kier molecular flexibility index (Phi) is 7.62. The maximum atomic E-state index is 14.7. The van der Waals surface area contributed by atoms with Gasteiger partial charge in [0.15, 0.2) is 11.5 Å². The number of anilines is 1. The van der Waals surface area contributed by atoms with Crippen LogP contribution in [0, 0.1) is 0 Å². The quantitative estimate of drug-likeness (QED) is 0.419. The molecular formula is C27H30ClF4N7O2. The zero-order chi connectivity index (χ0) is 29.7. The maximum Gasteiger partial charge on any atom is 0.259 e. The first-order chi connectivity index (χ1) is 19.2. The molecule has 0 radical (unpaired) electrons. The van der Waals surface area contributed by atoms with E-state index in [1.807, 2.05) is 11.0 Å². The fraction of sp³-hybridized carbons (Fsp3) is 0.481. The molecule has 5 rings (SSSR count). The van der Waals surface area contributed by atoms with Crippen LogP contribution in [0.25, 0.3) is 16.8 Å². The van der Waals surface area contributed by atoms with E-state index in [-0.39, 0.29) is 55.4 Å². The molecule has 1 aromatic carbocycles. The van der Waals surface area contributed by atoms with Crippen molar-refractivity contribution < 1.29 is 27.2 Å². The molecule has 2 fully saturated rings. The number of halogens is 5. The lowest BCUT2D eigenvalue weighted by Crippen LogP contribution is -2.44. The lowest BCUT2D eigenvalue weighted by atomic mass is 10.0. The zero-order valence-electron chi connectivity index (χ0n) is 22.5. The summed E-state index contributed by atoms with van der Waals surface area (Å²) < 4.78 is 57.7. The van der Waals surface area contributed by atoms with Gasteiger partial charge in [0.05, 0.1) is 28.9 Å². The molecule has 2 aromatic heterocycles. The van der Waals surface area contributed by atoms with Crippen LogP contribution < -0.4 is 11.1 Å². The summed E-state index contributed by atoms with van der Waals surface area (Å²) in [6, 6.07) is 5.50. The minimum Gasteiger partial charge on any atom is -0.382 e. The summed E-state index contributed by atoms with van der Waals surface area (Å²) in [7, 11) is 0. The third-order valence-corrected chi connectivity index (χ3v) is 7.84. The number of amides is 2. The fourth-order valence-corrected chi connectivity index (χ4v) is 5.50. The van der Waals surface area contributed by atoms with Gasteiger partial charge in [-0.25, -0.2) is 27.1 Å². The van der Waals surface area contributed by atoms with Gasteiger partial charge in [-0.05, 0) is 37.6 Å².